The van der Waals surface area contributed by atoms with Crippen molar-refractivity contribution in [1.29, 1.82) is 0 Å². The van der Waals surface area contributed by atoms with Gasteiger partial charge in [-0.3, -0.25) is 4.90 Å². The van der Waals surface area contributed by atoms with Crippen LogP contribution in [0.2, 0.25) is 0 Å². The molecule has 3 rings (SSSR count). The number of hydrogen-bond acceptors (Lipinski definition) is 3. The molecule has 0 aromatic heterocycles. The maximum atomic E-state index is 12.3. The van der Waals surface area contributed by atoms with Gasteiger partial charge in [0.05, 0.1) is 0 Å². The molecule has 1 fully saturated rings. The molecule has 5 heteroatoms. The molecule has 1 saturated carbocycles. The van der Waals surface area contributed by atoms with E-state index < -0.39 is 18.1 Å². The Morgan fingerprint density at radius 1 is 1.16 bits per heavy atom. The van der Waals surface area contributed by atoms with Crippen LogP contribution in [0.5, 0.6) is 0 Å². The monoisotopic (exact) mass is 339 g/mol. The first-order valence-corrected chi connectivity index (χ1v) is 8.32. The molecule has 130 valence electrons. The molecule has 0 heterocycles. The Morgan fingerprint density at radius 2 is 1.88 bits per heavy atom. The van der Waals surface area contributed by atoms with Gasteiger partial charge in [0.15, 0.2) is 6.04 Å². The van der Waals surface area contributed by atoms with E-state index in [-0.39, 0.29) is 6.61 Å². The number of amides is 1. The summed E-state index contributed by atoms with van der Waals surface area (Å²) in [4.78, 5) is 25.2. The lowest BCUT2D eigenvalue weighted by Gasteiger charge is -2.25. The Morgan fingerprint density at radius 3 is 2.52 bits per heavy atom. The molecule has 25 heavy (non-hydrogen) atoms. The molecule has 1 aliphatic rings. The highest BCUT2D eigenvalue weighted by Crippen LogP contribution is 2.40. The number of carbonyl (C=O) groups is 2. The predicted molar refractivity (Wildman–Crippen MR) is 93.2 cm³/mol. The predicted octanol–water partition coefficient (Wildman–Crippen LogP) is 3.96. The maximum Gasteiger partial charge on any atom is 0.410 e. The molecule has 0 saturated heterocycles. The number of carbonyl (C=O) groups excluding carboxylic acids is 1. The number of carboxylic acid groups (broad SMARTS) is 1. The van der Waals surface area contributed by atoms with E-state index in [1.54, 1.807) is 6.07 Å². The van der Waals surface area contributed by atoms with Gasteiger partial charge in [-0.25, -0.2) is 9.59 Å². The van der Waals surface area contributed by atoms with Crippen molar-refractivity contribution in [1.82, 2.24) is 4.90 Å². The first-order chi connectivity index (χ1) is 12.1. The summed E-state index contributed by atoms with van der Waals surface area (Å²) in [5.74, 6) is -0.558. The molecular weight excluding hydrogens is 318 g/mol. The SMILES string of the molecule is CN(C(=O)OCc1ccccc1)C(C(=O)O)c1cccc(C2CC2)c1. The van der Waals surface area contributed by atoms with Crippen LogP contribution in [0.25, 0.3) is 0 Å². The van der Waals surface area contributed by atoms with Gasteiger partial charge in [0.25, 0.3) is 0 Å². The van der Waals surface area contributed by atoms with Gasteiger partial charge in [-0.05, 0) is 35.4 Å². The van der Waals surface area contributed by atoms with Gasteiger partial charge in [-0.2, -0.15) is 0 Å². The topological polar surface area (TPSA) is 66.8 Å². The minimum Gasteiger partial charge on any atom is -0.479 e. The van der Waals surface area contributed by atoms with E-state index in [2.05, 4.69) is 0 Å². The number of carboxylic acids is 1. The quantitative estimate of drug-likeness (QED) is 0.865. The third kappa shape index (κ3) is 4.18. The van der Waals surface area contributed by atoms with Crippen molar-refractivity contribution in [2.24, 2.45) is 0 Å². The van der Waals surface area contributed by atoms with E-state index >= 15 is 0 Å². The van der Waals surface area contributed by atoms with Crippen LogP contribution in [-0.2, 0) is 16.1 Å². The summed E-state index contributed by atoms with van der Waals surface area (Å²) in [6.45, 7) is 0.110. The minimum atomic E-state index is -1.08. The largest absolute Gasteiger partial charge is 0.479 e. The van der Waals surface area contributed by atoms with Gasteiger partial charge in [0.2, 0.25) is 0 Å². The van der Waals surface area contributed by atoms with Crippen LogP contribution >= 0.6 is 0 Å². The molecule has 5 nitrogen and oxygen atoms in total. The van der Waals surface area contributed by atoms with Crippen LogP contribution < -0.4 is 0 Å². The first-order valence-electron chi connectivity index (χ1n) is 8.32. The third-order valence-corrected chi connectivity index (χ3v) is 4.39. The normalized spacial score (nSPS) is 14.6. The fourth-order valence-corrected chi connectivity index (χ4v) is 2.86. The highest BCUT2D eigenvalue weighted by molar-refractivity contribution is 5.81. The van der Waals surface area contributed by atoms with Crippen molar-refractivity contribution in [2.45, 2.75) is 31.4 Å². The lowest BCUT2D eigenvalue weighted by molar-refractivity contribution is -0.142. The summed E-state index contributed by atoms with van der Waals surface area (Å²) in [6, 6.07) is 15.7. The zero-order valence-electron chi connectivity index (χ0n) is 14.1. The summed E-state index contributed by atoms with van der Waals surface area (Å²) in [5.41, 5.74) is 2.58. The number of aliphatic carboxylic acids is 1. The molecule has 1 N–H and O–H groups in total. The van der Waals surface area contributed by atoms with Gasteiger partial charge in [-0.1, -0.05) is 54.6 Å². The fraction of sp³-hybridized carbons (Fsp3) is 0.300. The number of rotatable bonds is 6. The molecule has 0 spiro atoms. The van der Waals surface area contributed by atoms with Gasteiger partial charge < -0.3 is 9.84 Å². The molecule has 1 amide bonds. The summed E-state index contributed by atoms with van der Waals surface area (Å²) in [6.07, 6.45) is 1.61. The molecule has 0 radical (unpaired) electrons. The molecule has 1 aliphatic carbocycles. The number of hydrogen-bond donors (Lipinski definition) is 1. The number of ether oxygens (including phenoxy) is 1. The van der Waals surface area contributed by atoms with E-state index in [1.165, 1.54) is 7.05 Å². The number of benzene rings is 2. The van der Waals surface area contributed by atoms with Crippen molar-refractivity contribution in [3.05, 3.63) is 71.3 Å². The second-order valence-electron chi connectivity index (χ2n) is 6.34. The van der Waals surface area contributed by atoms with E-state index in [9.17, 15) is 14.7 Å². The van der Waals surface area contributed by atoms with Crippen molar-refractivity contribution < 1.29 is 19.4 Å². The Hall–Kier alpha value is -2.82. The molecule has 0 bridgehead atoms. The van der Waals surface area contributed by atoms with Crippen molar-refractivity contribution in [3.8, 4) is 0 Å². The average Bonchev–Trinajstić information content (AvgIpc) is 3.46. The maximum absolute atomic E-state index is 12.3. The standard InChI is InChI=1S/C20H21NO4/c1-21(20(24)25-13-14-6-3-2-4-7-14)18(19(22)23)17-9-5-8-16(12-17)15-10-11-15/h2-9,12,15,18H,10-11,13H2,1H3,(H,22,23). The van der Waals surface area contributed by atoms with Crippen LogP contribution in [0, 0.1) is 0 Å². The van der Waals surface area contributed by atoms with Crippen LogP contribution in [0.3, 0.4) is 0 Å². The lowest BCUT2D eigenvalue weighted by Crippen LogP contribution is -2.36. The molecule has 0 aliphatic heterocycles. The van der Waals surface area contributed by atoms with E-state index in [1.807, 2.05) is 48.5 Å². The molecular formula is C20H21NO4. The third-order valence-electron chi connectivity index (χ3n) is 4.39. The summed E-state index contributed by atoms with van der Waals surface area (Å²) >= 11 is 0. The number of nitrogens with zero attached hydrogens (tertiary/aromatic N) is 1. The molecule has 1 atom stereocenters. The average molecular weight is 339 g/mol. The highest BCUT2D eigenvalue weighted by atomic mass is 16.6. The van der Waals surface area contributed by atoms with E-state index in [0.717, 1.165) is 28.9 Å². The minimum absolute atomic E-state index is 0.110. The molecule has 2 aromatic carbocycles. The van der Waals surface area contributed by atoms with Gasteiger partial charge in [-0.15, -0.1) is 0 Å². The van der Waals surface area contributed by atoms with Crippen molar-refractivity contribution in [2.75, 3.05) is 7.05 Å². The Bertz CT molecular complexity index is 755. The Balaban J connectivity index is 1.72. The van der Waals surface area contributed by atoms with Gasteiger partial charge >= 0.3 is 12.1 Å². The fourth-order valence-electron chi connectivity index (χ4n) is 2.86. The highest BCUT2D eigenvalue weighted by Gasteiger charge is 2.31. The van der Waals surface area contributed by atoms with Crippen molar-refractivity contribution >= 4 is 12.1 Å². The van der Waals surface area contributed by atoms with Crippen molar-refractivity contribution in [3.63, 3.8) is 0 Å². The molecule has 2 aromatic rings. The zero-order valence-corrected chi connectivity index (χ0v) is 14.1. The van der Waals surface area contributed by atoms with Crippen LogP contribution in [0.1, 0.15) is 41.5 Å². The van der Waals surface area contributed by atoms with Gasteiger partial charge in [0, 0.05) is 7.05 Å². The Labute approximate surface area is 146 Å². The van der Waals surface area contributed by atoms with E-state index in [0.29, 0.717) is 11.5 Å². The summed E-state index contributed by atoms with van der Waals surface area (Å²) in [7, 11) is 1.45. The second kappa shape index (κ2) is 7.38. The van der Waals surface area contributed by atoms with Gasteiger partial charge in [0.1, 0.15) is 6.61 Å². The summed E-state index contributed by atoms with van der Waals surface area (Å²) in [5, 5.41) is 9.63. The lowest BCUT2D eigenvalue weighted by atomic mass is 10.0. The van der Waals surface area contributed by atoms with E-state index in [4.69, 9.17) is 4.74 Å². The number of likely N-dealkylation sites (N-methyl/N-ethyl adjacent to an activating group) is 1. The van der Waals surface area contributed by atoms with Crippen LogP contribution in [-0.4, -0.2) is 29.1 Å². The summed E-state index contributed by atoms with van der Waals surface area (Å²) < 4.78 is 5.26. The smallest absolute Gasteiger partial charge is 0.410 e. The zero-order chi connectivity index (χ0) is 17.8. The second-order valence-corrected chi connectivity index (χ2v) is 6.34. The first kappa shape index (κ1) is 17.0. The molecule has 1 unspecified atom stereocenters. The van der Waals surface area contributed by atoms with Crippen LogP contribution in [0.15, 0.2) is 54.6 Å². The Kier molecular flexibility index (Phi) is 5.03. The van der Waals surface area contributed by atoms with Crippen LogP contribution in [0.4, 0.5) is 4.79 Å².